The van der Waals surface area contributed by atoms with Gasteiger partial charge in [0.15, 0.2) is 5.96 Å². The topological polar surface area (TPSA) is 46.1 Å². The second-order valence-corrected chi connectivity index (χ2v) is 8.12. The number of piperidine rings is 1. The number of nitrogens with one attached hydrogen (secondary N) is 1. The minimum absolute atomic E-state index is 0.591. The van der Waals surface area contributed by atoms with Crippen LogP contribution >= 0.6 is 0 Å². The number of guanidine groups is 1. The number of likely N-dealkylation sites (tertiary alicyclic amines) is 1. The van der Waals surface area contributed by atoms with Crippen molar-refractivity contribution in [2.45, 2.75) is 39.0 Å². The van der Waals surface area contributed by atoms with Gasteiger partial charge in [0.1, 0.15) is 0 Å². The van der Waals surface area contributed by atoms with Crippen LogP contribution in [0.25, 0.3) is 0 Å². The van der Waals surface area contributed by atoms with Crippen molar-refractivity contribution in [3.05, 3.63) is 35.9 Å². The summed E-state index contributed by atoms with van der Waals surface area (Å²) in [5.41, 5.74) is 1.47. The van der Waals surface area contributed by atoms with Crippen molar-refractivity contribution in [1.29, 1.82) is 0 Å². The molecule has 3 rings (SSSR count). The number of hydrogen-bond donors (Lipinski definition) is 1. The summed E-state index contributed by atoms with van der Waals surface area (Å²) in [4.78, 5) is 7.30. The summed E-state index contributed by atoms with van der Waals surface area (Å²) in [6.45, 7) is 11.7. The first-order valence-electron chi connectivity index (χ1n) is 11.0. The Morgan fingerprint density at radius 3 is 2.86 bits per heavy atom. The van der Waals surface area contributed by atoms with Crippen molar-refractivity contribution in [3.63, 3.8) is 0 Å². The number of hydrogen-bond acceptors (Lipinski definition) is 3. The fraction of sp³-hybridized carbons (Fsp3) is 0.696. The van der Waals surface area contributed by atoms with Gasteiger partial charge in [-0.3, -0.25) is 4.99 Å². The van der Waals surface area contributed by atoms with Crippen LogP contribution in [-0.2, 0) is 9.47 Å². The lowest BCUT2D eigenvalue weighted by molar-refractivity contribution is 0.0892. The SMILES string of the molecule is CCNC(=NCCCOCC1CCOC1)N1CCC(c2ccccc2)C(C)C1. The Labute approximate surface area is 170 Å². The Balaban J connectivity index is 1.43. The molecule has 2 aliphatic rings. The zero-order valence-electron chi connectivity index (χ0n) is 17.6. The lowest BCUT2D eigenvalue weighted by atomic mass is 9.82. The van der Waals surface area contributed by atoms with Gasteiger partial charge in [-0.25, -0.2) is 0 Å². The van der Waals surface area contributed by atoms with Gasteiger partial charge in [-0.15, -0.1) is 0 Å². The maximum atomic E-state index is 5.80. The van der Waals surface area contributed by atoms with E-state index in [9.17, 15) is 0 Å². The molecule has 28 heavy (non-hydrogen) atoms. The van der Waals surface area contributed by atoms with Crippen molar-refractivity contribution in [2.75, 3.05) is 52.6 Å². The summed E-state index contributed by atoms with van der Waals surface area (Å²) >= 11 is 0. The molecule has 5 nitrogen and oxygen atoms in total. The molecule has 0 radical (unpaired) electrons. The summed E-state index contributed by atoms with van der Waals surface area (Å²) < 4.78 is 11.2. The molecule has 156 valence electrons. The van der Waals surface area contributed by atoms with Crippen LogP contribution in [0.1, 0.15) is 44.6 Å². The van der Waals surface area contributed by atoms with Crippen LogP contribution in [0.3, 0.4) is 0 Å². The van der Waals surface area contributed by atoms with Gasteiger partial charge >= 0.3 is 0 Å². The molecule has 1 aromatic carbocycles. The van der Waals surface area contributed by atoms with Crippen LogP contribution in [0, 0.1) is 11.8 Å². The van der Waals surface area contributed by atoms with Crippen molar-refractivity contribution in [1.82, 2.24) is 10.2 Å². The third-order valence-electron chi connectivity index (χ3n) is 5.85. The summed E-state index contributed by atoms with van der Waals surface area (Å²) in [5, 5.41) is 3.48. The van der Waals surface area contributed by atoms with E-state index in [0.717, 1.165) is 71.4 Å². The molecule has 0 amide bonds. The Morgan fingerprint density at radius 1 is 1.29 bits per heavy atom. The zero-order valence-corrected chi connectivity index (χ0v) is 17.6. The predicted molar refractivity (Wildman–Crippen MR) is 115 cm³/mol. The normalized spacial score (nSPS) is 25.9. The van der Waals surface area contributed by atoms with E-state index in [2.05, 4.69) is 54.4 Å². The van der Waals surface area contributed by atoms with E-state index in [0.29, 0.717) is 17.8 Å². The van der Waals surface area contributed by atoms with Crippen LogP contribution in [0.4, 0.5) is 0 Å². The van der Waals surface area contributed by atoms with Gasteiger partial charge in [0, 0.05) is 45.3 Å². The minimum atomic E-state index is 0.591. The van der Waals surface area contributed by atoms with E-state index in [1.165, 1.54) is 12.0 Å². The molecule has 2 heterocycles. The van der Waals surface area contributed by atoms with Crippen molar-refractivity contribution in [2.24, 2.45) is 16.8 Å². The first-order valence-corrected chi connectivity index (χ1v) is 11.0. The molecule has 0 aromatic heterocycles. The molecule has 1 N–H and O–H groups in total. The molecule has 3 unspecified atom stereocenters. The van der Waals surface area contributed by atoms with Gasteiger partial charge in [-0.1, -0.05) is 37.3 Å². The molecule has 0 saturated carbocycles. The molecule has 5 heteroatoms. The van der Waals surface area contributed by atoms with E-state index in [1.807, 2.05) is 0 Å². The average Bonchev–Trinajstić information content (AvgIpc) is 3.24. The highest BCUT2D eigenvalue weighted by atomic mass is 16.5. The van der Waals surface area contributed by atoms with Gasteiger partial charge in [-0.05, 0) is 43.6 Å². The molecule has 2 saturated heterocycles. The maximum Gasteiger partial charge on any atom is 0.193 e. The molecule has 2 fully saturated rings. The number of aliphatic imine (C=N–C) groups is 1. The van der Waals surface area contributed by atoms with E-state index in [-0.39, 0.29) is 0 Å². The predicted octanol–water partition coefficient (Wildman–Crippen LogP) is 3.52. The average molecular weight is 388 g/mol. The molecular weight excluding hydrogens is 350 g/mol. The van der Waals surface area contributed by atoms with Gasteiger partial charge in [0.25, 0.3) is 0 Å². The van der Waals surface area contributed by atoms with E-state index in [4.69, 9.17) is 14.5 Å². The third kappa shape index (κ3) is 6.21. The molecule has 3 atom stereocenters. The number of nitrogens with zero attached hydrogens (tertiary/aromatic N) is 2. The molecular formula is C23H37N3O2. The van der Waals surface area contributed by atoms with Gasteiger partial charge in [-0.2, -0.15) is 0 Å². The van der Waals surface area contributed by atoms with Crippen LogP contribution in [-0.4, -0.2) is 63.5 Å². The Bertz CT molecular complexity index is 587. The van der Waals surface area contributed by atoms with Crippen molar-refractivity contribution >= 4 is 5.96 Å². The van der Waals surface area contributed by atoms with Crippen LogP contribution < -0.4 is 5.32 Å². The lowest BCUT2D eigenvalue weighted by Gasteiger charge is -2.39. The Kier molecular flexibility index (Phi) is 8.62. The zero-order chi connectivity index (χ0) is 19.6. The molecule has 1 aromatic rings. The fourth-order valence-corrected chi connectivity index (χ4v) is 4.28. The standard InChI is InChI=1S/C23H37N3O2/c1-3-24-23(25-12-7-14-27-17-20-11-15-28-18-20)26-13-10-22(19(2)16-26)21-8-5-4-6-9-21/h4-6,8-9,19-20,22H,3,7,10-18H2,1-2H3,(H,24,25). The highest BCUT2D eigenvalue weighted by Gasteiger charge is 2.28. The Morgan fingerprint density at radius 2 is 2.14 bits per heavy atom. The fourth-order valence-electron chi connectivity index (χ4n) is 4.28. The first kappa shape index (κ1) is 21.1. The van der Waals surface area contributed by atoms with E-state index in [1.54, 1.807) is 0 Å². The van der Waals surface area contributed by atoms with Crippen molar-refractivity contribution in [3.8, 4) is 0 Å². The summed E-state index contributed by atoms with van der Waals surface area (Å²) in [5.74, 6) is 2.92. The molecule has 0 bridgehead atoms. The first-order chi connectivity index (χ1) is 13.8. The van der Waals surface area contributed by atoms with Gasteiger partial charge in [0.2, 0.25) is 0 Å². The van der Waals surface area contributed by atoms with E-state index < -0.39 is 0 Å². The van der Waals surface area contributed by atoms with Crippen LogP contribution in [0.2, 0.25) is 0 Å². The highest BCUT2D eigenvalue weighted by Crippen LogP contribution is 2.32. The van der Waals surface area contributed by atoms with E-state index >= 15 is 0 Å². The smallest absolute Gasteiger partial charge is 0.193 e. The van der Waals surface area contributed by atoms with Crippen molar-refractivity contribution < 1.29 is 9.47 Å². The second-order valence-electron chi connectivity index (χ2n) is 8.12. The molecule has 0 spiro atoms. The number of rotatable bonds is 8. The van der Waals surface area contributed by atoms with Gasteiger partial charge < -0.3 is 19.7 Å². The summed E-state index contributed by atoms with van der Waals surface area (Å²) in [6.07, 6.45) is 3.29. The number of ether oxygens (including phenoxy) is 2. The monoisotopic (exact) mass is 387 g/mol. The lowest BCUT2D eigenvalue weighted by Crippen LogP contribution is -2.48. The third-order valence-corrected chi connectivity index (χ3v) is 5.85. The second kappa shape index (κ2) is 11.4. The maximum absolute atomic E-state index is 5.80. The minimum Gasteiger partial charge on any atom is -0.381 e. The largest absolute Gasteiger partial charge is 0.381 e. The van der Waals surface area contributed by atoms with Crippen LogP contribution in [0.15, 0.2) is 35.3 Å². The summed E-state index contributed by atoms with van der Waals surface area (Å²) in [7, 11) is 0. The Hall–Kier alpha value is -1.59. The number of benzene rings is 1. The molecule has 0 aliphatic carbocycles. The molecule has 2 aliphatic heterocycles. The summed E-state index contributed by atoms with van der Waals surface area (Å²) in [6, 6.07) is 11.0. The quantitative estimate of drug-likeness (QED) is 0.421. The van der Waals surface area contributed by atoms with Gasteiger partial charge in [0.05, 0.1) is 13.2 Å². The van der Waals surface area contributed by atoms with Crippen LogP contribution in [0.5, 0.6) is 0 Å². The highest BCUT2D eigenvalue weighted by molar-refractivity contribution is 5.80.